The predicted octanol–water partition coefficient (Wildman–Crippen LogP) is 3.85. The minimum absolute atomic E-state index is 0.285. The van der Waals surface area contributed by atoms with Crippen molar-refractivity contribution in [2.75, 3.05) is 0 Å². The summed E-state index contributed by atoms with van der Waals surface area (Å²) in [5, 5.41) is 12.9. The summed E-state index contributed by atoms with van der Waals surface area (Å²) >= 11 is 0. The van der Waals surface area contributed by atoms with Gasteiger partial charge in [-0.25, -0.2) is 0 Å². The Bertz CT molecular complexity index is 544. The van der Waals surface area contributed by atoms with Gasteiger partial charge >= 0.3 is 0 Å². The molecule has 0 aromatic heterocycles. The summed E-state index contributed by atoms with van der Waals surface area (Å²) in [5.41, 5.74) is 2.51. The van der Waals surface area contributed by atoms with Gasteiger partial charge in [0.2, 0.25) is 0 Å². The van der Waals surface area contributed by atoms with Crippen LogP contribution < -0.4 is 0 Å². The van der Waals surface area contributed by atoms with E-state index in [2.05, 4.69) is 43.3 Å². The Labute approximate surface area is 102 Å². The molecule has 0 spiro atoms. The summed E-state index contributed by atoms with van der Waals surface area (Å²) in [7, 11) is 0. The van der Waals surface area contributed by atoms with Crippen molar-refractivity contribution in [3.05, 3.63) is 47.5 Å². The zero-order chi connectivity index (χ0) is 11.8. The van der Waals surface area contributed by atoms with Crippen LogP contribution in [0.15, 0.2) is 36.4 Å². The van der Waals surface area contributed by atoms with Gasteiger partial charge < -0.3 is 5.11 Å². The quantitative estimate of drug-likeness (QED) is 0.676. The Morgan fingerprint density at radius 1 is 1.12 bits per heavy atom. The van der Waals surface area contributed by atoms with Crippen molar-refractivity contribution in [1.82, 2.24) is 0 Å². The summed E-state index contributed by atoms with van der Waals surface area (Å²) in [6.45, 7) is 2.23. The van der Waals surface area contributed by atoms with Gasteiger partial charge in [-0.2, -0.15) is 0 Å². The number of fused-ring (bicyclic) bond motifs is 3. The summed E-state index contributed by atoms with van der Waals surface area (Å²) < 4.78 is 0. The molecule has 0 saturated carbocycles. The molecule has 2 aromatic carbocycles. The summed E-state index contributed by atoms with van der Waals surface area (Å²) in [6.07, 6.45) is 2.88. The van der Waals surface area contributed by atoms with Crippen LogP contribution in [0, 0.1) is 5.92 Å². The molecule has 17 heavy (non-hydrogen) atoms. The number of aliphatic hydroxyl groups is 1. The van der Waals surface area contributed by atoms with Crippen molar-refractivity contribution in [3.63, 3.8) is 0 Å². The molecule has 0 aliphatic heterocycles. The van der Waals surface area contributed by atoms with Gasteiger partial charge in [0.1, 0.15) is 0 Å². The standard InChI is InChI=1S/C16H18O/c1-11-6-8-14-13-5-3-2-4-12(13)7-9-15(14)16(17)10-11/h2-5,7,9,11,16-17H,6,8,10H2,1H3. The number of rotatable bonds is 0. The summed E-state index contributed by atoms with van der Waals surface area (Å²) in [4.78, 5) is 0. The van der Waals surface area contributed by atoms with Crippen LogP contribution in [0.2, 0.25) is 0 Å². The highest BCUT2D eigenvalue weighted by Crippen LogP contribution is 2.35. The molecule has 2 aromatic rings. The Kier molecular flexibility index (Phi) is 2.64. The molecule has 2 atom stereocenters. The Morgan fingerprint density at radius 3 is 2.82 bits per heavy atom. The molecule has 88 valence electrons. The van der Waals surface area contributed by atoms with Crippen molar-refractivity contribution in [1.29, 1.82) is 0 Å². The normalized spacial score (nSPS) is 24.4. The first-order valence-electron chi connectivity index (χ1n) is 6.44. The van der Waals surface area contributed by atoms with Gasteiger partial charge in [-0.1, -0.05) is 43.3 Å². The molecule has 0 radical (unpaired) electrons. The molecule has 0 amide bonds. The first-order valence-corrected chi connectivity index (χ1v) is 6.44. The average molecular weight is 226 g/mol. The van der Waals surface area contributed by atoms with E-state index in [1.54, 1.807) is 0 Å². The van der Waals surface area contributed by atoms with E-state index in [9.17, 15) is 5.11 Å². The fraction of sp³-hybridized carbons (Fsp3) is 0.375. The van der Waals surface area contributed by atoms with Crippen LogP contribution in [0.1, 0.15) is 37.0 Å². The molecule has 3 rings (SSSR count). The van der Waals surface area contributed by atoms with Gasteiger partial charge in [0.25, 0.3) is 0 Å². The van der Waals surface area contributed by atoms with Gasteiger partial charge in [-0.15, -0.1) is 0 Å². The molecule has 2 unspecified atom stereocenters. The lowest BCUT2D eigenvalue weighted by Crippen LogP contribution is -2.01. The Morgan fingerprint density at radius 2 is 1.94 bits per heavy atom. The third kappa shape index (κ3) is 1.85. The fourth-order valence-corrected chi connectivity index (χ4v) is 2.96. The number of benzene rings is 2. The van der Waals surface area contributed by atoms with Crippen LogP contribution in [-0.2, 0) is 6.42 Å². The van der Waals surface area contributed by atoms with E-state index in [1.807, 2.05) is 0 Å². The second-order valence-electron chi connectivity index (χ2n) is 5.25. The lowest BCUT2D eigenvalue weighted by molar-refractivity contribution is 0.150. The van der Waals surface area contributed by atoms with Crippen LogP contribution in [-0.4, -0.2) is 5.11 Å². The third-order valence-electron chi connectivity index (χ3n) is 3.95. The zero-order valence-electron chi connectivity index (χ0n) is 10.2. The first kappa shape index (κ1) is 10.8. The predicted molar refractivity (Wildman–Crippen MR) is 71.0 cm³/mol. The van der Waals surface area contributed by atoms with Crippen molar-refractivity contribution >= 4 is 10.8 Å². The van der Waals surface area contributed by atoms with E-state index >= 15 is 0 Å². The van der Waals surface area contributed by atoms with Gasteiger partial charge in [-0.3, -0.25) is 0 Å². The van der Waals surface area contributed by atoms with E-state index in [1.165, 1.54) is 22.8 Å². The zero-order valence-corrected chi connectivity index (χ0v) is 10.2. The Balaban J connectivity index is 2.22. The molecule has 1 heteroatoms. The molecule has 1 aliphatic carbocycles. The second-order valence-corrected chi connectivity index (χ2v) is 5.25. The largest absolute Gasteiger partial charge is 0.388 e. The lowest BCUT2D eigenvalue weighted by Gasteiger charge is -2.14. The second kappa shape index (κ2) is 4.15. The molecule has 0 heterocycles. The van der Waals surface area contributed by atoms with Gasteiger partial charge in [-0.05, 0) is 47.1 Å². The molecule has 1 N–H and O–H groups in total. The highest BCUT2D eigenvalue weighted by Gasteiger charge is 2.21. The van der Waals surface area contributed by atoms with Crippen LogP contribution >= 0.6 is 0 Å². The number of hydrogen-bond acceptors (Lipinski definition) is 1. The SMILES string of the molecule is CC1CCc2c(ccc3ccccc23)C(O)C1. The number of aryl methyl sites for hydroxylation is 1. The number of aliphatic hydroxyl groups excluding tert-OH is 1. The van der Waals surface area contributed by atoms with E-state index in [4.69, 9.17) is 0 Å². The maximum absolute atomic E-state index is 10.3. The minimum Gasteiger partial charge on any atom is -0.388 e. The molecular formula is C16H18O. The molecule has 0 saturated heterocycles. The number of hydrogen-bond donors (Lipinski definition) is 1. The molecule has 0 fully saturated rings. The van der Waals surface area contributed by atoms with E-state index in [0.717, 1.165) is 18.4 Å². The van der Waals surface area contributed by atoms with Crippen molar-refractivity contribution in [2.24, 2.45) is 5.92 Å². The monoisotopic (exact) mass is 226 g/mol. The van der Waals surface area contributed by atoms with Crippen LogP contribution in [0.25, 0.3) is 10.8 Å². The van der Waals surface area contributed by atoms with Crippen molar-refractivity contribution < 1.29 is 5.11 Å². The molecule has 0 bridgehead atoms. The Hall–Kier alpha value is -1.34. The topological polar surface area (TPSA) is 20.2 Å². The highest BCUT2D eigenvalue weighted by atomic mass is 16.3. The van der Waals surface area contributed by atoms with Crippen LogP contribution in [0.3, 0.4) is 0 Å². The summed E-state index contributed by atoms with van der Waals surface area (Å²) in [6, 6.07) is 12.7. The minimum atomic E-state index is -0.285. The molecule has 1 nitrogen and oxygen atoms in total. The fourth-order valence-electron chi connectivity index (χ4n) is 2.96. The molecular weight excluding hydrogens is 208 g/mol. The molecule has 1 aliphatic rings. The lowest BCUT2D eigenvalue weighted by atomic mass is 9.94. The van der Waals surface area contributed by atoms with Crippen molar-refractivity contribution in [2.45, 2.75) is 32.3 Å². The third-order valence-corrected chi connectivity index (χ3v) is 3.95. The highest BCUT2D eigenvalue weighted by molar-refractivity contribution is 5.87. The van der Waals surface area contributed by atoms with Gasteiger partial charge in [0.05, 0.1) is 6.10 Å². The summed E-state index contributed by atoms with van der Waals surface area (Å²) in [5.74, 6) is 0.608. The van der Waals surface area contributed by atoms with Crippen LogP contribution in [0.5, 0.6) is 0 Å². The maximum atomic E-state index is 10.3. The van der Waals surface area contributed by atoms with Crippen LogP contribution in [0.4, 0.5) is 0 Å². The van der Waals surface area contributed by atoms with Gasteiger partial charge in [0, 0.05) is 0 Å². The van der Waals surface area contributed by atoms with E-state index < -0.39 is 0 Å². The van der Waals surface area contributed by atoms with Crippen molar-refractivity contribution in [3.8, 4) is 0 Å². The average Bonchev–Trinajstić information content (AvgIpc) is 2.49. The maximum Gasteiger partial charge on any atom is 0.0795 e. The smallest absolute Gasteiger partial charge is 0.0795 e. The van der Waals surface area contributed by atoms with E-state index in [0.29, 0.717) is 5.92 Å². The first-order chi connectivity index (χ1) is 8.25. The van der Waals surface area contributed by atoms with E-state index in [-0.39, 0.29) is 6.10 Å². The van der Waals surface area contributed by atoms with Gasteiger partial charge in [0.15, 0.2) is 0 Å².